The topological polar surface area (TPSA) is 64.6 Å². The highest BCUT2D eigenvalue weighted by Gasteiger charge is 2.23. The zero-order chi connectivity index (χ0) is 18.7. The van der Waals surface area contributed by atoms with E-state index < -0.39 is 18.0 Å². The van der Waals surface area contributed by atoms with E-state index in [0.29, 0.717) is 27.1 Å². The second kappa shape index (κ2) is 7.81. The fraction of sp³-hybridized carbons (Fsp3) is 0.158. The van der Waals surface area contributed by atoms with E-state index in [2.05, 4.69) is 5.32 Å². The number of rotatable bonds is 4. The van der Waals surface area contributed by atoms with Crippen LogP contribution in [0, 0.1) is 0 Å². The summed E-state index contributed by atoms with van der Waals surface area (Å²) in [5.41, 5.74) is 1.52. The Bertz CT molecular complexity index is 895. The second-order valence-corrected chi connectivity index (χ2v) is 6.50. The molecule has 5 nitrogen and oxygen atoms in total. The number of ether oxygens (including phenoxy) is 2. The lowest BCUT2D eigenvalue weighted by Crippen LogP contribution is -2.31. The number of nitrogens with one attached hydrogen (secondary N) is 1. The fourth-order valence-electron chi connectivity index (χ4n) is 2.35. The highest BCUT2D eigenvalue weighted by molar-refractivity contribution is 6.36. The van der Waals surface area contributed by atoms with Gasteiger partial charge in [-0.25, -0.2) is 4.79 Å². The summed E-state index contributed by atoms with van der Waals surface area (Å²) in [6.45, 7) is 1.57. The third-order valence-electron chi connectivity index (χ3n) is 3.74. The van der Waals surface area contributed by atoms with Gasteiger partial charge >= 0.3 is 5.97 Å². The fourth-order valence-corrected chi connectivity index (χ4v) is 2.80. The number of esters is 1. The Hall–Kier alpha value is -2.50. The lowest BCUT2D eigenvalue weighted by atomic mass is 10.1. The summed E-state index contributed by atoms with van der Waals surface area (Å²) >= 11 is 11.8. The van der Waals surface area contributed by atoms with Crippen molar-refractivity contribution in [1.82, 2.24) is 0 Å². The van der Waals surface area contributed by atoms with E-state index in [9.17, 15) is 9.59 Å². The van der Waals surface area contributed by atoms with Crippen LogP contribution in [0.2, 0.25) is 10.0 Å². The largest absolute Gasteiger partial charge is 0.488 e. The first kappa shape index (κ1) is 18.3. The predicted octanol–water partition coefficient (Wildman–Crippen LogP) is 4.34. The van der Waals surface area contributed by atoms with Crippen LogP contribution < -0.4 is 10.1 Å². The molecular weight excluding hydrogens is 377 g/mol. The Morgan fingerprint density at radius 1 is 1.19 bits per heavy atom. The summed E-state index contributed by atoms with van der Waals surface area (Å²) in [6.07, 6.45) is 0.689. The second-order valence-electron chi connectivity index (χ2n) is 5.66. The Balaban J connectivity index is 1.64. The number of fused-ring (bicyclic) bond motifs is 1. The molecule has 7 heteroatoms. The van der Waals surface area contributed by atoms with Crippen molar-refractivity contribution in [2.24, 2.45) is 0 Å². The quantitative estimate of drug-likeness (QED) is 0.787. The van der Waals surface area contributed by atoms with E-state index in [0.717, 1.165) is 5.56 Å². The van der Waals surface area contributed by atoms with Gasteiger partial charge in [0.15, 0.2) is 6.10 Å². The van der Waals surface area contributed by atoms with E-state index >= 15 is 0 Å². The van der Waals surface area contributed by atoms with Crippen LogP contribution in [0.25, 0.3) is 6.08 Å². The van der Waals surface area contributed by atoms with Crippen LogP contribution in [0.1, 0.15) is 12.5 Å². The Morgan fingerprint density at radius 2 is 1.96 bits per heavy atom. The number of amides is 1. The molecule has 0 fully saturated rings. The van der Waals surface area contributed by atoms with E-state index in [1.54, 1.807) is 18.2 Å². The third-order valence-corrected chi connectivity index (χ3v) is 4.28. The molecule has 2 aromatic rings. The van der Waals surface area contributed by atoms with E-state index in [1.165, 1.54) is 13.0 Å². The van der Waals surface area contributed by atoms with Crippen molar-refractivity contribution in [3.63, 3.8) is 0 Å². The van der Waals surface area contributed by atoms with Crippen molar-refractivity contribution < 1.29 is 19.1 Å². The van der Waals surface area contributed by atoms with Gasteiger partial charge in [0.2, 0.25) is 0 Å². The van der Waals surface area contributed by atoms with Gasteiger partial charge in [0.25, 0.3) is 5.91 Å². The summed E-state index contributed by atoms with van der Waals surface area (Å²) in [7, 11) is 0. The summed E-state index contributed by atoms with van der Waals surface area (Å²) < 4.78 is 10.8. The van der Waals surface area contributed by atoms with Crippen molar-refractivity contribution in [3.05, 3.63) is 63.6 Å². The van der Waals surface area contributed by atoms with Gasteiger partial charge in [-0.15, -0.1) is 0 Å². The molecule has 0 spiro atoms. The molecule has 0 saturated heterocycles. The van der Waals surface area contributed by atoms with E-state index in [1.807, 2.05) is 24.3 Å². The van der Waals surface area contributed by atoms with Crippen LogP contribution >= 0.6 is 23.2 Å². The minimum atomic E-state index is -1.01. The molecule has 1 unspecified atom stereocenters. The molecule has 1 aliphatic rings. The van der Waals surface area contributed by atoms with Gasteiger partial charge in [-0.2, -0.15) is 0 Å². The van der Waals surface area contributed by atoms with Crippen LogP contribution in [0.5, 0.6) is 5.75 Å². The minimum absolute atomic E-state index is 0.0905. The van der Waals surface area contributed by atoms with Crippen LogP contribution in [0.3, 0.4) is 0 Å². The lowest BCUT2D eigenvalue weighted by Gasteiger charge is -2.19. The maximum Gasteiger partial charge on any atom is 0.338 e. The molecule has 0 radical (unpaired) electrons. The van der Waals surface area contributed by atoms with Crippen LogP contribution in [0.15, 0.2) is 48.0 Å². The number of anilines is 1. The smallest absolute Gasteiger partial charge is 0.338 e. The zero-order valence-corrected chi connectivity index (χ0v) is 15.3. The third kappa shape index (κ3) is 4.18. The molecule has 0 aliphatic carbocycles. The Morgan fingerprint density at radius 3 is 2.73 bits per heavy atom. The van der Waals surface area contributed by atoms with Crippen LogP contribution in [-0.4, -0.2) is 24.6 Å². The SMILES string of the molecule is CC(OC(=O)C1=Cc2ccccc2OC1)C(=O)Nc1ccc(Cl)cc1Cl. The molecule has 0 saturated carbocycles. The molecule has 134 valence electrons. The highest BCUT2D eigenvalue weighted by atomic mass is 35.5. The first-order valence-corrected chi connectivity index (χ1v) is 8.59. The summed E-state index contributed by atoms with van der Waals surface area (Å²) in [6, 6.07) is 12.0. The number of para-hydroxylation sites is 1. The molecule has 2 aromatic carbocycles. The van der Waals surface area contributed by atoms with Crippen LogP contribution in [-0.2, 0) is 14.3 Å². The van der Waals surface area contributed by atoms with Crippen molar-refractivity contribution in [2.75, 3.05) is 11.9 Å². The van der Waals surface area contributed by atoms with Gasteiger partial charge in [0.1, 0.15) is 12.4 Å². The molecule has 3 rings (SSSR count). The van der Waals surface area contributed by atoms with E-state index in [4.69, 9.17) is 32.7 Å². The molecule has 1 aliphatic heterocycles. The van der Waals surface area contributed by atoms with Crippen molar-refractivity contribution in [2.45, 2.75) is 13.0 Å². The minimum Gasteiger partial charge on any atom is -0.488 e. The first-order chi connectivity index (χ1) is 12.4. The van der Waals surface area contributed by atoms with Gasteiger partial charge in [-0.05, 0) is 37.3 Å². The number of hydrogen-bond acceptors (Lipinski definition) is 4. The molecule has 0 aromatic heterocycles. The molecule has 1 N–H and O–H groups in total. The molecule has 1 atom stereocenters. The summed E-state index contributed by atoms with van der Waals surface area (Å²) in [5.74, 6) is -0.406. The van der Waals surface area contributed by atoms with Crippen molar-refractivity contribution >= 4 is 46.8 Å². The molecular formula is C19H15Cl2NO4. The first-order valence-electron chi connectivity index (χ1n) is 7.83. The Labute approximate surface area is 160 Å². The summed E-state index contributed by atoms with van der Waals surface area (Å²) in [5, 5.41) is 3.35. The number of hydrogen-bond donors (Lipinski definition) is 1. The van der Waals surface area contributed by atoms with Gasteiger partial charge in [0, 0.05) is 10.6 Å². The van der Waals surface area contributed by atoms with Gasteiger partial charge < -0.3 is 14.8 Å². The Kier molecular flexibility index (Phi) is 5.49. The highest BCUT2D eigenvalue weighted by Crippen LogP contribution is 2.27. The van der Waals surface area contributed by atoms with Gasteiger partial charge in [-0.3, -0.25) is 4.79 Å². The number of carbonyl (C=O) groups excluding carboxylic acids is 2. The number of halogens is 2. The predicted molar refractivity (Wildman–Crippen MR) is 101 cm³/mol. The summed E-state index contributed by atoms with van der Waals surface area (Å²) in [4.78, 5) is 24.5. The van der Waals surface area contributed by atoms with Crippen LogP contribution in [0.4, 0.5) is 5.69 Å². The lowest BCUT2D eigenvalue weighted by molar-refractivity contribution is -0.149. The average molecular weight is 392 g/mol. The number of carbonyl (C=O) groups is 2. The molecule has 26 heavy (non-hydrogen) atoms. The van der Waals surface area contributed by atoms with Gasteiger partial charge in [0.05, 0.1) is 16.3 Å². The zero-order valence-electron chi connectivity index (χ0n) is 13.8. The molecule has 1 amide bonds. The monoisotopic (exact) mass is 391 g/mol. The molecule has 1 heterocycles. The molecule has 0 bridgehead atoms. The maximum atomic E-state index is 12.3. The van der Waals surface area contributed by atoms with Gasteiger partial charge in [-0.1, -0.05) is 41.4 Å². The maximum absolute atomic E-state index is 12.3. The number of benzene rings is 2. The van der Waals surface area contributed by atoms with Crippen molar-refractivity contribution in [1.29, 1.82) is 0 Å². The van der Waals surface area contributed by atoms with E-state index in [-0.39, 0.29) is 6.61 Å². The normalized spacial score (nSPS) is 13.7. The standard InChI is InChI=1S/C19H15Cl2NO4/c1-11(18(23)22-16-7-6-14(20)9-15(16)21)26-19(24)13-8-12-4-2-3-5-17(12)25-10-13/h2-9,11H,10H2,1H3,(H,22,23). The average Bonchev–Trinajstić information content (AvgIpc) is 2.63. The van der Waals surface area contributed by atoms with Crippen molar-refractivity contribution in [3.8, 4) is 5.75 Å².